The maximum Gasteiger partial charge on any atom is 0.168 e. The molecule has 18 heavy (non-hydrogen) atoms. The SMILES string of the molecule is COc1cccc(CC(O)C2CSCCO2)c1F. The number of ether oxygens (including phenoxy) is 2. The largest absolute Gasteiger partial charge is 0.494 e. The number of thioether (sulfide) groups is 1. The van der Waals surface area contributed by atoms with Crippen molar-refractivity contribution >= 4 is 11.8 Å². The number of benzene rings is 1. The van der Waals surface area contributed by atoms with E-state index in [1.54, 1.807) is 30.0 Å². The van der Waals surface area contributed by atoms with Crippen molar-refractivity contribution in [2.24, 2.45) is 0 Å². The minimum absolute atomic E-state index is 0.207. The Morgan fingerprint density at radius 3 is 3.11 bits per heavy atom. The Labute approximate surface area is 110 Å². The molecule has 100 valence electrons. The standard InChI is InChI=1S/C13H17FO3S/c1-16-11-4-2-3-9(13(11)14)7-10(15)12-8-18-6-5-17-12/h2-4,10,12,15H,5-8H2,1H3. The van der Waals surface area contributed by atoms with Crippen LogP contribution in [0.15, 0.2) is 18.2 Å². The smallest absolute Gasteiger partial charge is 0.168 e. The van der Waals surface area contributed by atoms with Gasteiger partial charge >= 0.3 is 0 Å². The molecule has 1 saturated heterocycles. The maximum absolute atomic E-state index is 13.9. The lowest BCUT2D eigenvalue weighted by Gasteiger charge is -2.27. The van der Waals surface area contributed by atoms with Crippen molar-refractivity contribution in [2.45, 2.75) is 18.6 Å². The zero-order valence-corrected chi connectivity index (χ0v) is 11.1. The summed E-state index contributed by atoms with van der Waals surface area (Å²) < 4.78 is 24.3. The highest BCUT2D eigenvalue weighted by Crippen LogP contribution is 2.23. The Hall–Kier alpha value is -0.780. The third-order valence-corrected chi connectivity index (χ3v) is 3.98. The van der Waals surface area contributed by atoms with Crippen LogP contribution in [0.5, 0.6) is 5.75 Å². The molecule has 1 aliphatic heterocycles. The molecule has 1 heterocycles. The van der Waals surface area contributed by atoms with Crippen LogP contribution in [0.4, 0.5) is 4.39 Å². The van der Waals surface area contributed by atoms with Crippen molar-refractivity contribution in [3.63, 3.8) is 0 Å². The summed E-state index contributed by atoms with van der Waals surface area (Å²) in [6.07, 6.45) is -0.650. The molecule has 0 bridgehead atoms. The monoisotopic (exact) mass is 272 g/mol. The summed E-state index contributed by atoms with van der Waals surface area (Å²) in [6.45, 7) is 0.646. The third kappa shape index (κ3) is 3.16. The molecule has 2 unspecified atom stereocenters. The summed E-state index contributed by atoms with van der Waals surface area (Å²) in [5.74, 6) is 1.52. The van der Waals surface area contributed by atoms with Crippen LogP contribution in [0.3, 0.4) is 0 Å². The molecule has 5 heteroatoms. The Balaban J connectivity index is 2.04. The predicted molar refractivity (Wildman–Crippen MR) is 69.7 cm³/mol. The average Bonchev–Trinajstić information content (AvgIpc) is 2.42. The maximum atomic E-state index is 13.9. The van der Waals surface area contributed by atoms with Gasteiger partial charge in [0, 0.05) is 17.9 Å². The fourth-order valence-electron chi connectivity index (χ4n) is 1.96. The minimum atomic E-state index is -0.681. The normalized spacial score (nSPS) is 21.6. The number of aliphatic hydroxyl groups excluding tert-OH is 1. The van der Waals surface area contributed by atoms with Crippen LogP contribution in [-0.2, 0) is 11.2 Å². The van der Waals surface area contributed by atoms with Crippen molar-refractivity contribution in [3.8, 4) is 5.75 Å². The van der Waals surface area contributed by atoms with E-state index in [9.17, 15) is 9.50 Å². The van der Waals surface area contributed by atoms with Gasteiger partial charge < -0.3 is 14.6 Å². The first-order chi connectivity index (χ1) is 8.72. The van der Waals surface area contributed by atoms with Gasteiger partial charge in [-0.15, -0.1) is 0 Å². The van der Waals surface area contributed by atoms with E-state index < -0.39 is 11.9 Å². The summed E-state index contributed by atoms with van der Waals surface area (Å²) in [6, 6.07) is 4.95. The number of hydrogen-bond donors (Lipinski definition) is 1. The van der Waals surface area contributed by atoms with Crippen LogP contribution < -0.4 is 4.74 Å². The molecule has 2 rings (SSSR count). The number of rotatable bonds is 4. The van der Waals surface area contributed by atoms with Crippen molar-refractivity contribution in [1.29, 1.82) is 0 Å². The van der Waals surface area contributed by atoms with Gasteiger partial charge in [0.25, 0.3) is 0 Å². The molecule has 3 nitrogen and oxygen atoms in total. The van der Waals surface area contributed by atoms with Gasteiger partial charge in [0.05, 0.1) is 25.9 Å². The summed E-state index contributed by atoms with van der Waals surface area (Å²) in [4.78, 5) is 0. The number of methoxy groups -OCH3 is 1. The van der Waals surface area contributed by atoms with E-state index in [2.05, 4.69) is 0 Å². The molecule has 1 aromatic carbocycles. The van der Waals surface area contributed by atoms with E-state index in [1.165, 1.54) is 7.11 Å². The number of hydrogen-bond acceptors (Lipinski definition) is 4. The molecule has 0 aliphatic carbocycles. The van der Waals surface area contributed by atoms with E-state index >= 15 is 0 Å². The van der Waals surface area contributed by atoms with E-state index in [0.717, 1.165) is 11.5 Å². The highest BCUT2D eigenvalue weighted by atomic mass is 32.2. The molecule has 1 aromatic rings. The molecule has 1 fully saturated rings. The summed E-state index contributed by atoms with van der Waals surface area (Å²) in [5.41, 5.74) is 0.459. The van der Waals surface area contributed by atoms with Gasteiger partial charge in [-0.3, -0.25) is 0 Å². The van der Waals surface area contributed by atoms with E-state index in [1.807, 2.05) is 0 Å². The second kappa shape index (κ2) is 6.41. The molecular weight excluding hydrogens is 255 g/mol. The molecule has 0 aromatic heterocycles. The Morgan fingerprint density at radius 1 is 1.61 bits per heavy atom. The third-order valence-electron chi connectivity index (χ3n) is 2.96. The van der Waals surface area contributed by atoms with Crippen molar-refractivity contribution in [3.05, 3.63) is 29.6 Å². The second-order valence-electron chi connectivity index (χ2n) is 4.19. The van der Waals surface area contributed by atoms with Gasteiger partial charge in [-0.25, -0.2) is 4.39 Å². The van der Waals surface area contributed by atoms with Crippen molar-refractivity contribution in [2.75, 3.05) is 25.2 Å². The van der Waals surface area contributed by atoms with Gasteiger partial charge in [-0.2, -0.15) is 11.8 Å². The van der Waals surface area contributed by atoms with E-state index in [0.29, 0.717) is 12.2 Å². The lowest BCUT2D eigenvalue weighted by Crippen LogP contribution is -2.36. The van der Waals surface area contributed by atoms with Gasteiger partial charge in [0.15, 0.2) is 11.6 Å². The molecular formula is C13H17FO3S. The quantitative estimate of drug-likeness (QED) is 0.908. The molecule has 1 N–H and O–H groups in total. The summed E-state index contributed by atoms with van der Waals surface area (Å²) in [7, 11) is 1.43. The van der Waals surface area contributed by atoms with Crippen molar-refractivity contribution < 1.29 is 19.0 Å². The average molecular weight is 272 g/mol. The number of halogens is 1. The summed E-state index contributed by atoms with van der Waals surface area (Å²) >= 11 is 1.75. The lowest BCUT2D eigenvalue weighted by molar-refractivity contribution is -0.0211. The van der Waals surface area contributed by atoms with Crippen LogP contribution in [-0.4, -0.2) is 42.5 Å². The van der Waals surface area contributed by atoms with Crippen LogP contribution in [0, 0.1) is 5.82 Å². The van der Waals surface area contributed by atoms with Crippen LogP contribution in [0.1, 0.15) is 5.56 Å². The Kier molecular flexibility index (Phi) is 4.86. The number of aliphatic hydroxyl groups is 1. The van der Waals surface area contributed by atoms with Gasteiger partial charge in [-0.1, -0.05) is 12.1 Å². The lowest BCUT2D eigenvalue weighted by atomic mass is 10.0. The predicted octanol–water partition coefficient (Wildman–Crippen LogP) is 1.87. The highest BCUT2D eigenvalue weighted by Gasteiger charge is 2.24. The molecule has 1 aliphatic rings. The zero-order chi connectivity index (χ0) is 13.0. The Bertz CT molecular complexity index is 394. The minimum Gasteiger partial charge on any atom is -0.494 e. The van der Waals surface area contributed by atoms with Gasteiger partial charge in [0.2, 0.25) is 0 Å². The van der Waals surface area contributed by atoms with Gasteiger partial charge in [0.1, 0.15) is 0 Å². The first kappa shape index (κ1) is 13.6. The zero-order valence-electron chi connectivity index (χ0n) is 10.3. The molecule has 0 amide bonds. The van der Waals surface area contributed by atoms with Crippen molar-refractivity contribution in [1.82, 2.24) is 0 Å². The first-order valence-corrected chi connectivity index (χ1v) is 7.06. The van der Waals surface area contributed by atoms with Crippen LogP contribution in [0.25, 0.3) is 0 Å². The molecule has 0 saturated carbocycles. The first-order valence-electron chi connectivity index (χ1n) is 5.91. The van der Waals surface area contributed by atoms with E-state index in [-0.39, 0.29) is 18.3 Å². The van der Waals surface area contributed by atoms with Gasteiger partial charge in [-0.05, 0) is 11.6 Å². The fourth-order valence-corrected chi connectivity index (χ4v) is 2.89. The molecule has 0 spiro atoms. The molecule has 0 radical (unpaired) electrons. The highest BCUT2D eigenvalue weighted by molar-refractivity contribution is 7.99. The Morgan fingerprint density at radius 2 is 2.44 bits per heavy atom. The van der Waals surface area contributed by atoms with Crippen LogP contribution >= 0.6 is 11.8 Å². The molecule has 2 atom stereocenters. The second-order valence-corrected chi connectivity index (χ2v) is 5.34. The topological polar surface area (TPSA) is 38.7 Å². The fraction of sp³-hybridized carbons (Fsp3) is 0.538. The van der Waals surface area contributed by atoms with Crippen LogP contribution in [0.2, 0.25) is 0 Å². The van der Waals surface area contributed by atoms with E-state index in [4.69, 9.17) is 9.47 Å². The summed E-state index contributed by atoms with van der Waals surface area (Å²) in [5, 5.41) is 10.1.